The number of hydrogen-bond acceptors (Lipinski definition) is 5. The van der Waals surface area contributed by atoms with Gasteiger partial charge < -0.3 is 15.5 Å². The maximum absolute atomic E-state index is 12.2. The molecule has 126 valence electrons. The zero-order chi connectivity index (χ0) is 16.9. The summed E-state index contributed by atoms with van der Waals surface area (Å²) in [5.41, 5.74) is 1.16. The maximum Gasteiger partial charge on any atom is 0.258 e. The zero-order valence-corrected chi connectivity index (χ0v) is 13.4. The molecule has 0 saturated carbocycles. The summed E-state index contributed by atoms with van der Waals surface area (Å²) in [6, 6.07) is 8.29. The number of carbonyl (C=O) groups excluding carboxylic acids is 1. The molecule has 0 radical (unpaired) electrons. The van der Waals surface area contributed by atoms with Crippen LogP contribution in [0.15, 0.2) is 42.7 Å². The van der Waals surface area contributed by atoms with E-state index in [1.54, 1.807) is 12.4 Å². The van der Waals surface area contributed by atoms with Gasteiger partial charge in [0.2, 0.25) is 0 Å². The molecule has 6 nitrogen and oxygen atoms in total. The van der Waals surface area contributed by atoms with Crippen LogP contribution in [0.2, 0.25) is 0 Å². The van der Waals surface area contributed by atoms with Crippen molar-refractivity contribution in [3.63, 3.8) is 0 Å². The second-order valence-corrected chi connectivity index (χ2v) is 6.13. The van der Waals surface area contributed by atoms with Crippen molar-refractivity contribution in [2.24, 2.45) is 5.92 Å². The van der Waals surface area contributed by atoms with Gasteiger partial charge in [0.05, 0.1) is 0 Å². The maximum atomic E-state index is 12.2. The fourth-order valence-corrected chi connectivity index (χ4v) is 3.06. The Morgan fingerprint density at radius 1 is 1.21 bits per heavy atom. The first-order chi connectivity index (χ1) is 11.6. The number of aromatic nitrogens is 1. The molecule has 1 atom stereocenters. The topological polar surface area (TPSA) is 85.7 Å². The van der Waals surface area contributed by atoms with Crippen LogP contribution in [0.5, 0.6) is 11.5 Å². The smallest absolute Gasteiger partial charge is 0.258 e. The summed E-state index contributed by atoms with van der Waals surface area (Å²) in [6.07, 6.45) is 4.60. The van der Waals surface area contributed by atoms with Crippen LogP contribution in [-0.2, 0) is 6.54 Å². The number of aromatic hydroxyl groups is 2. The van der Waals surface area contributed by atoms with Crippen LogP contribution in [0.3, 0.4) is 0 Å². The van der Waals surface area contributed by atoms with E-state index in [1.807, 2.05) is 12.1 Å². The molecule has 2 aromatic rings. The van der Waals surface area contributed by atoms with Gasteiger partial charge in [-0.1, -0.05) is 6.07 Å². The van der Waals surface area contributed by atoms with Gasteiger partial charge in [-0.25, -0.2) is 0 Å². The number of hydrogen-bond donors (Lipinski definition) is 3. The minimum Gasteiger partial charge on any atom is -0.507 e. The van der Waals surface area contributed by atoms with Crippen molar-refractivity contribution >= 4 is 5.91 Å². The molecule has 1 fully saturated rings. The van der Waals surface area contributed by atoms with Gasteiger partial charge in [-0.05, 0) is 48.7 Å². The monoisotopic (exact) mass is 327 g/mol. The van der Waals surface area contributed by atoms with Crippen molar-refractivity contribution in [2.45, 2.75) is 13.0 Å². The van der Waals surface area contributed by atoms with Gasteiger partial charge in [0.1, 0.15) is 17.1 Å². The molecular weight excluding hydrogens is 306 g/mol. The van der Waals surface area contributed by atoms with Crippen LogP contribution in [0, 0.1) is 5.92 Å². The molecule has 3 rings (SSSR count). The number of benzene rings is 1. The summed E-state index contributed by atoms with van der Waals surface area (Å²) in [6.45, 7) is 3.31. The van der Waals surface area contributed by atoms with Gasteiger partial charge in [0, 0.05) is 32.0 Å². The molecule has 6 heteroatoms. The first-order valence-corrected chi connectivity index (χ1v) is 8.04. The summed E-state index contributed by atoms with van der Waals surface area (Å²) in [5, 5.41) is 22.3. The molecule has 2 heterocycles. The Balaban J connectivity index is 1.50. The van der Waals surface area contributed by atoms with Crippen molar-refractivity contribution in [3.05, 3.63) is 53.9 Å². The van der Waals surface area contributed by atoms with Crippen molar-refractivity contribution in [1.82, 2.24) is 15.2 Å². The molecule has 0 aliphatic carbocycles. The van der Waals surface area contributed by atoms with E-state index in [4.69, 9.17) is 0 Å². The van der Waals surface area contributed by atoms with E-state index in [-0.39, 0.29) is 17.1 Å². The van der Waals surface area contributed by atoms with Crippen LogP contribution in [0.1, 0.15) is 22.3 Å². The predicted octanol–water partition coefficient (Wildman–Crippen LogP) is 1.74. The summed E-state index contributed by atoms with van der Waals surface area (Å²) >= 11 is 0. The van der Waals surface area contributed by atoms with Gasteiger partial charge in [0.25, 0.3) is 5.91 Å². The molecule has 24 heavy (non-hydrogen) atoms. The van der Waals surface area contributed by atoms with E-state index in [2.05, 4.69) is 15.2 Å². The Labute approximate surface area is 140 Å². The molecule has 1 amide bonds. The normalized spacial score (nSPS) is 17.8. The summed E-state index contributed by atoms with van der Waals surface area (Å²) in [7, 11) is 0. The molecule has 0 unspecified atom stereocenters. The highest BCUT2D eigenvalue weighted by Gasteiger charge is 2.24. The lowest BCUT2D eigenvalue weighted by atomic mass is 10.1. The number of likely N-dealkylation sites (tertiary alicyclic amines) is 1. The number of carbonyl (C=O) groups is 1. The Morgan fingerprint density at radius 2 is 1.92 bits per heavy atom. The van der Waals surface area contributed by atoms with Gasteiger partial charge >= 0.3 is 0 Å². The molecule has 3 N–H and O–H groups in total. The van der Waals surface area contributed by atoms with Crippen LogP contribution in [0.25, 0.3) is 0 Å². The van der Waals surface area contributed by atoms with Crippen LogP contribution in [0.4, 0.5) is 0 Å². The van der Waals surface area contributed by atoms with E-state index in [0.29, 0.717) is 12.5 Å². The lowest BCUT2D eigenvalue weighted by Crippen LogP contribution is -2.31. The molecule has 1 aromatic heterocycles. The summed E-state index contributed by atoms with van der Waals surface area (Å²) < 4.78 is 0. The molecule has 1 aliphatic heterocycles. The van der Waals surface area contributed by atoms with E-state index >= 15 is 0 Å². The van der Waals surface area contributed by atoms with E-state index in [1.165, 1.54) is 23.8 Å². The minimum absolute atomic E-state index is 0.0656. The highest BCUT2D eigenvalue weighted by molar-refractivity contribution is 5.99. The number of nitrogens with one attached hydrogen (secondary N) is 1. The largest absolute Gasteiger partial charge is 0.507 e. The molecule has 0 spiro atoms. The number of rotatable bonds is 5. The third-order valence-corrected chi connectivity index (χ3v) is 4.32. The highest BCUT2D eigenvalue weighted by atomic mass is 16.3. The van der Waals surface area contributed by atoms with Gasteiger partial charge in [0.15, 0.2) is 0 Å². The molecule has 1 aliphatic rings. The third kappa shape index (κ3) is 3.83. The standard InChI is InChI=1S/C18H21N3O3/c22-15-2-1-3-16(23)17(15)18(24)20-10-14-6-9-21(12-14)11-13-4-7-19-8-5-13/h1-5,7-8,14,22-23H,6,9-12H2,(H,20,24)/t14-/m1/s1. The quantitative estimate of drug-likeness (QED) is 0.779. The molecular formula is C18H21N3O3. The van der Waals surface area contributed by atoms with Crippen molar-refractivity contribution in [3.8, 4) is 11.5 Å². The van der Waals surface area contributed by atoms with Crippen LogP contribution >= 0.6 is 0 Å². The number of phenols is 2. The zero-order valence-electron chi connectivity index (χ0n) is 13.4. The van der Waals surface area contributed by atoms with Crippen molar-refractivity contribution in [2.75, 3.05) is 19.6 Å². The van der Waals surface area contributed by atoms with Crippen molar-refractivity contribution in [1.29, 1.82) is 0 Å². The lowest BCUT2D eigenvalue weighted by Gasteiger charge is -2.16. The first kappa shape index (κ1) is 16.3. The van der Waals surface area contributed by atoms with Gasteiger partial charge in [-0.2, -0.15) is 0 Å². The molecule has 1 aromatic carbocycles. The molecule has 1 saturated heterocycles. The SMILES string of the molecule is O=C(NC[C@H]1CCN(Cc2ccncc2)C1)c1c(O)cccc1O. The Morgan fingerprint density at radius 3 is 2.62 bits per heavy atom. The van der Waals surface area contributed by atoms with Gasteiger partial charge in [-0.3, -0.25) is 14.7 Å². The number of pyridine rings is 1. The van der Waals surface area contributed by atoms with Crippen LogP contribution in [-0.4, -0.2) is 45.6 Å². The predicted molar refractivity (Wildman–Crippen MR) is 89.7 cm³/mol. The van der Waals surface area contributed by atoms with E-state index in [9.17, 15) is 15.0 Å². The summed E-state index contributed by atoms with van der Waals surface area (Å²) in [5.74, 6) is -0.501. The highest BCUT2D eigenvalue weighted by Crippen LogP contribution is 2.26. The summed E-state index contributed by atoms with van der Waals surface area (Å²) in [4.78, 5) is 18.5. The van der Waals surface area contributed by atoms with Crippen LogP contribution < -0.4 is 5.32 Å². The number of nitrogens with zero attached hydrogens (tertiary/aromatic N) is 2. The Bertz CT molecular complexity index is 686. The number of phenolic OH excluding ortho intramolecular Hbond substituents is 2. The minimum atomic E-state index is -0.446. The average Bonchev–Trinajstić information content (AvgIpc) is 3.01. The fourth-order valence-electron chi connectivity index (χ4n) is 3.06. The van der Waals surface area contributed by atoms with E-state index < -0.39 is 5.91 Å². The Kier molecular flexibility index (Phi) is 4.96. The molecule has 0 bridgehead atoms. The second kappa shape index (κ2) is 7.31. The number of amides is 1. The Hall–Kier alpha value is -2.60. The lowest BCUT2D eigenvalue weighted by molar-refractivity contribution is 0.0942. The third-order valence-electron chi connectivity index (χ3n) is 4.32. The average molecular weight is 327 g/mol. The second-order valence-electron chi connectivity index (χ2n) is 6.13. The van der Waals surface area contributed by atoms with E-state index in [0.717, 1.165) is 26.1 Å². The van der Waals surface area contributed by atoms with Crippen molar-refractivity contribution < 1.29 is 15.0 Å². The fraction of sp³-hybridized carbons (Fsp3) is 0.333. The van der Waals surface area contributed by atoms with Gasteiger partial charge in [-0.15, -0.1) is 0 Å². The first-order valence-electron chi connectivity index (χ1n) is 8.04.